The Balaban J connectivity index is 2.39. The van der Waals surface area contributed by atoms with Gasteiger partial charge in [-0.3, -0.25) is 4.79 Å². The molecule has 0 aliphatic rings. The Kier molecular flexibility index (Phi) is 4.24. The van der Waals surface area contributed by atoms with Crippen molar-refractivity contribution in [3.8, 4) is 0 Å². The predicted octanol–water partition coefficient (Wildman–Crippen LogP) is 3.07. The molecule has 0 heterocycles. The maximum absolute atomic E-state index is 10.00. The second kappa shape index (κ2) is 5.52. The zero-order valence-electron chi connectivity index (χ0n) is 7.99. The van der Waals surface area contributed by atoms with E-state index in [0.29, 0.717) is 12.3 Å². The van der Waals surface area contributed by atoms with Crippen molar-refractivity contribution in [2.75, 3.05) is 0 Å². The largest absolute Gasteiger partial charge is 0.291 e. The quantitative estimate of drug-likeness (QED) is 0.628. The average molecular weight is 175 g/mol. The van der Waals surface area contributed by atoms with Crippen molar-refractivity contribution in [1.82, 2.24) is 0 Å². The van der Waals surface area contributed by atoms with E-state index in [4.69, 9.17) is 0 Å². The highest BCUT2D eigenvalue weighted by atomic mass is 16.1. The fourth-order valence-electron chi connectivity index (χ4n) is 1.43. The highest BCUT2D eigenvalue weighted by Gasteiger charge is 2.03. The van der Waals surface area contributed by atoms with E-state index in [9.17, 15) is 4.79 Å². The van der Waals surface area contributed by atoms with E-state index in [0.717, 1.165) is 12.8 Å². The van der Waals surface area contributed by atoms with Crippen LogP contribution in [0, 0.1) is 0 Å². The maximum Gasteiger partial charge on any atom is 0.198 e. The summed E-state index contributed by atoms with van der Waals surface area (Å²) in [6.45, 7) is 2.19. The molecule has 0 fully saturated rings. The molecule has 1 heteroatoms. The molecule has 1 aromatic rings. The normalized spacial score (nSPS) is 12.4. The van der Waals surface area contributed by atoms with E-state index in [1.165, 1.54) is 5.56 Å². The molecule has 0 N–H and O–H groups in total. The van der Waals surface area contributed by atoms with Crippen LogP contribution in [0.1, 0.15) is 37.7 Å². The molecule has 0 spiro atoms. The monoisotopic (exact) mass is 175 g/mol. The van der Waals surface area contributed by atoms with E-state index in [1.807, 2.05) is 12.4 Å². The molecule has 0 aromatic heterocycles. The zero-order chi connectivity index (χ0) is 9.52. The summed E-state index contributed by atoms with van der Waals surface area (Å²) in [4.78, 5) is 10.00. The second-order valence-electron chi connectivity index (χ2n) is 3.35. The molecule has 1 rings (SSSR count). The Morgan fingerprint density at radius 1 is 1.31 bits per heavy atom. The van der Waals surface area contributed by atoms with Crippen LogP contribution in [0.4, 0.5) is 0 Å². The summed E-state index contributed by atoms with van der Waals surface area (Å²) in [5.41, 5.74) is 1.35. The van der Waals surface area contributed by atoms with Gasteiger partial charge in [0.15, 0.2) is 6.29 Å². The van der Waals surface area contributed by atoms with Crippen LogP contribution in [-0.2, 0) is 4.79 Å². The summed E-state index contributed by atoms with van der Waals surface area (Å²) in [7, 11) is 0. The van der Waals surface area contributed by atoms with Crippen LogP contribution in [-0.4, -0.2) is 6.29 Å². The van der Waals surface area contributed by atoms with Crippen molar-refractivity contribution in [3.05, 3.63) is 35.9 Å². The SMILES string of the molecule is CC(CCC[C]=O)c1ccccc1. The summed E-state index contributed by atoms with van der Waals surface area (Å²) in [5, 5.41) is 0. The van der Waals surface area contributed by atoms with Gasteiger partial charge in [0.2, 0.25) is 0 Å². The Labute approximate surface area is 79.8 Å². The zero-order valence-corrected chi connectivity index (χ0v) is 7.99. The third-order valence-corrected chi connectivity index (χ3v) is 2.28. The summed E-state index contributed by atoms with van der Waals surface area (Å²) < 4.78 is 0. The highest BCUT2D eigenvalue weighted by Crippen LogP contribution is 2.20. The first-order chi connectivity index (χ1) is 6.34. The van der Waals surface area contributed by atoms with Crippen molar-refractivity contribution >= 4 is 6.29 Å². The number of hydrogen-bond donors (Lipinski definition) is 0. The first-order valence-electron chi connectivity index (χ1n) is 4.74. The van der Waals surface area contributed by atoms with Crippen molar-refractivity contribution in [1.29, 1.82) is 0 Å². The summed E-state index contributed by atoms with van der Waals surface area (Å²) in [5.74, 6) is 0.551. The molecule has 1 aromatic carbocycles. The van der Waals surface area contributed by atoms with Crippen LogP contribution < -0.4 is 0 Å². The van der Waals surface area contributed by atoms with Gasteiger partial charge < -0.3 is 0 Å². The molecule has 1 atom stereocenters. The first kappa shape index (κ1) is 9.97. The molecular formula is C12H15O. The van der Waals surface area contributed by atoms with Gasteiger partial charge in [0.1, 0.15) is 0 Å². The first-order valence-corrected chi connectivity index (χ1v) is 4.74. The maximum atomic E-state index is 10.00. The van der Waals surface area contributed by atoms with Gasteiger partial charge in [-0.15, -0.1) is 0 Å². The number of rotatable bonds is 5. The lowest BCUT2D eigenvalue weighted by atomic mass is 9.96. The summed E-state index contributed by atoms with van der Waals surface area (Å²) >= 11 is 0. The standard InChI is InChI=1S/C12H15O/c1-11(7-5-6-10-13)12-8-3-2-4-9-12/h2-4,8-9,11H,5-7H2,1H3. The molecule has 13 heavy (non-hydrogen) atoms. The lowest BCUT2D eigenvalue weighted by Crippen LogP contribution is -1.93. The Hall–Kier alpha value is -1.11. The minimum absolute atomic E-state index is 0.551. The number of carbonyl (C=O) groups excluding carboxylic acids is 1. The lowest BCUT2D eigenvalue weighted by Gasteiger charge is -2.09. The van der Waals surface area contributed by atoms with Crippen molar-refractivity contribution in [3.63, 3.8) is 0 Å². The van der Waals surface area contributed by atoms with Crippen LogP contribution in [0.3, 0.4) is 0 Å². The van der Waals surface area contributed by atoms with Crippen molar-refractivity contribution < 1.29 is 4.79 Å². The van der Waals surface area contributed by atoms with Gasteiger partial charge in [-0.1, -0.05) is 37.3 Å². The van der Waals surface area contributed by atoms with E-state index in [-0.39, 0.29) is 0 Å². The van der Waals surface area contributed by atoms with Gasteiger partial charge in [-0.25, -0.2) is 0 Å². The number of hydrogen-bond acceptors (Lipinski definition) is 1. The minimum atomic E-state index is 0.551. The van der Waals surface area contributed by atoms with Crippen LogP contribution in [0.2, 0.25) is 0 Å². The summed E-state index contributed by atoms with van der Waals surface area (Å²) in [6.07, 6.45) is 4.50. The fourth-order valence-corrected chi connectivity index (χ4v) is 1.43. The van der Waals surface area contributed by atoms with E-state index < -0.39 is 0 Å². The van der Waals surface area contributed by atoms with Crippen LogP contribution in [0.25, 0.3) is 0 Å². The molecule has 0 bridgehead atoms. The Bertz CT molecular complexity index is 241. The molecule has 0 aliphatic heterocycles. The van der Waals surface area contributed by atoms with Crippen LogP contribution >= 0.6 is 0 Å². The van der Waals surface area contributed by atoms with E-state index in [1.54, 1.807) is 0 Å². The van der Waals surface area contributed by atoms with Gasteiger partial charge >= 0.3 is 0 Å². The molecule has 0 saturated carbocycles. The lowest BCUT2D eigenvalue weighted by molar-refractivity contribution is 0.542. The molecule has 1 radical (unpaired) electrons. The molecule has 1 nitrogen and oxygen atoms in total. The van der Waals surface area contributed by atoms with Gasteiger partial charge in [0.05, 0.1) is 0 Å². The average Bonchev–Trinajstić information content (AvgIpc) is 2.19. The Morgan fingerprint density at radius 2 is 2.00 bits per heavy atom. The highest BCUT2D eigenvalue weighted by molar-refractivity contribution is 5.50. The molecule has 69 valence electrons. The number of unbranched alkanes of at least 4 members (excludes halogenated alkanes) is 1. The van der Waals surface area contributed by atoms with Crippen LogP contribution in [0.15, 0.2) is 30.3 Å². The molecular weight excluding hydrogens is 160 g/mol. The van der Waals surface area contributed by atoms with Crippen LogP contribution in [0.5, 0.6) is 0 Å². The van der Waals surface area contributed by atoms with Gasteiger partial charge in [-0.2, -0.15) is 0 Å². The Morgan fingerprint density at radius 3 is 2.62 bits per heavy atom. The third-order valence-electron chi connectivity index (χ3n) is 2.28. The molecule has 0 aliphatic carbocycles. The smallest absolute Gasteiger partial charge is 0.198 e. The predicted molar refractivity (Wildman–Crippen MR) is 54.4 cm³/mol. The van der Waals surface area contributed by atoms with Gasteiger partial charge in [0.25, 0.3) is 0 Å². The third kappa shape index (κ3) is 3.41. The van der Waals surface area contributed by atoms with Gasteiger partial charge in [-0.05, 0) is 24.3 Å². The van der Waals surface area contributed by atoms with Gasteiger partial charge in [0, 0.05) is 6.42 Å². The second-order valence-corrected chi connectivity index (χ2v) is 3.35. The minimum Gasteiger partial charge on any atom is -0.291 e. The molecule has 0 amide bonds. The van der Waals surface area contributed by atoms with E-state index in [2.05, 4.69) is 31.2 Å². The summed E-state index contributed by atoms with van der Waals surface area (Å²) in [6, 6.07) is 10.4. The van der Waals surface area contributed by atoms with E-state index >= 15 is 0 Å². The van der Waals surface area contributed by atoms with Crippen molar-refractivity contribution in [2.45, 2.75) is 32.1 Å². The number of benzene rings is 1. The molecule has 1 unspecified atom stereocenters. The van der Waals surface area contributed by atoms with Crippen molar-refractivity contribution in [2.24, 2.45) is 0 Å². The molecule has 0 saturated heterocycles. The fraction of sp³-hybridized carbons (Fsp3) is 0.417. The topological polar surface area (TPSA) is 17.1 Å².